The highest BCUT2D eigenvalue weighted by molar-refractivity contribution is 6.29. The minimum atomic E-state index is -0.287. The molecule has 1 aliphatic heterocycles. The summed E-state index contributed by atoms with van der Waals surface area (Å²) < 4.78 is 21.9. The molecule has 1 N–H and O–H groups in total. The number of aromatic nitrogens is 2. The van der Waals surface area contributed by atoms with Crippen molar-refractivity contribution >= 4 is 40.4 Å². The summed E-state index contributed by atoms with van der Waals surface area (Å²) in [4.78, 5) is 27.5. The molecule has 0 unspecified atom stereocenters. The maximum Gasteiger partial charge on any atom is 0.323 e. The van der Waals surface area contributed by atoms with Crippen LogP contribution in [0.3, 0.4) is 0 Å². The van der Waals surface area contributed by atoms with Gasteiger partial charge in [0.1, 0.15) is 23.6 Å². The Morgan fingerprint density at radius 2 is 1.83 bits per heavy atom. The lowest BCUT2D eigenvalue weighted by Crippen LogP contribution is -2.50. The predicted octanol–water partition coefficient (Wildman–Crippen LogP) is 3.19. The number of hydrogen-bond donors (Lipinski definition) is 1. The molecule has 12 heteroatoms. The number of ether oxygens (including phenoxy) is 3. The number of nitrogens with zero attached hydrogens (tertiary/aromatic N) is 5. The van der Waals surface area contributed by atoms with Crippen LogP contribution < -0.4 is 24.4 Å². The number of furan rings is 1. The van der Waals surface area contributed by atoms with Crippen molar-refractivity contribution in [2.24, 2.45) is 0 Å². The number of benzene rings is 1. The number of hydrogen-bond acceptors (Lipinski definition) is 9. The van der Waals surface area contributed by atoms with Crippen LogP contribution in [0.1, 0.15) is 0 Å². The summed E-state index contributed by atoms with van der Waals surface area (Å²) in [5.41, 5.74) is 1.65. The summed E-state index contributed by atoms with van der Waals surface area (Å²) >= 11 is 5.88. The van der Waals surface area contributed by atoms with E-state index in [4.69, 9.17) is 30.2 Å². The molecule has 4 rings (SSSR count). The molecule has 0 aliphatic carbocycles. The van der Waals surface area contributed by atoms with Crippen molar-refractivity contribution in [2.45, 2.75) is 0 Å². The Hall–Kier alpha value is -3.44. The molecule has 188 valence electrons. The predicted molar refractivity (Wildman–Crippen MR) is 133 cm³/mol. The molecule has 1 saturated heterocycles. The highest BCUT2D eigenvalue weighted by Gasteiger charge is 2.24. The number of amides is 2. The fourth-order valence-electron chi connectivity index (χ4n) is 3.68. The van der Waals surface area contributed by atoms with Gasteiger partial charge in [0.25, 0.3) is 5.88 Å². The first-order valence-corrected chi connectivity index (χ1v) is 11.5. The monoisotopic (exact) mass is 504 g/mol. The van der Waals surface area contributed by atoms with Gasteiger partial charge in [0.15, 0.2) is 11.0 Å². The first-order chi connectivity index (χ1) is 16.9. The van der Waals surface area contributed by atoms with E-state index < -0.39 is 0 Å². The van der Waals surface area contributed by atoms with Gasteiger partial charge in [-0.1, -0.05) is 0 Å². The number of carbonyl (C=O) groups excluding carboxylic acids is 1. The van der Waals surface area contributed by atoms with Crippen molar-refractivity contribution in [1.82, 2.24) is 19.8 Å². The second-order valence-electron chi connectivity index (χ2n) is 8.25. The number of nitrogens with one attached hydrogen (secondary N) is 1. The molecule has 3 heterocycles. The molecule has 0 atom stereocenters. The molecule has 3 aromatic rings. The number of fused-ring (bicyclic) bond motifs is 1. The number of halogens is 1. The third kappa shape index (κ3) is 5.98. The van der Waals surface area contributed by atoms with Crippen LogP contribution in [0.5, 0.6) is 17.4 Å². The molecule has 0 bridgehead atoms. The van der Waals surface area contributed by atoms with Crippen LogP contribution >= 0.6 is 11.6 Å². The SMILES string of the molecule is COc1cc(OCCN(C)C)cc(N2CCN(C(=O)Nc3nc4cc(Cl)oc4nc3OC)CC2)c1. The van der Waals surface area contributed by atoms with Crippen LogP contribution in [0, 0.1) is 0 Å². The van der Waals surface area contributed by atoms with Gasteiger partial charge >= 0.3 is 6.03 Å². The van der Waals surface area contributed by atoms with E-state index in [0.29, 0.717) is 38.3 Å². The highest BCUT2D eigenvalue weighted by atomic mass is 35.5. The summed E-state index contributed by atoms with van der Waals surface area (Å²) in [7, 11) is 7.09. The molecule has 2 amide bonds. The summed E-state index contributed by atoms with van der Waals surface area (Å²) in [5.74, 6) is 1.83. The van der Waals surface area contributed by atoms with Crippen LogP contribution in [-0.2, 0) is 0 Å². The number of anilines is 2. The number of rotatable bonds is 8. The summed E-state index contributed by atoms with van der Waals surface area (Å²) in [6.45, 7) is 3.74. The van der Waals surface area contributed by atoms with E-state index in [1.165, 1.54) is 13.2 Å². The Bertz CT molecular complexity index is 1180. The summed E-state index contributed by atoms with van der Waals surface area (Å²) in [6.07, 6.45) is 0. The Morgan fingerprint density at radius 3 is 2.51 bits per heavy atom. The van der Waals surface area contributed by atoms with E-state index in [9.17, 15) is 4.79 Å². The lowest BCUT2D eigenvalue weighted by atomic mass is 10.2. The van der Waals surface area contributed by atoms with E-state index in [1.807, 2.05) is 32.3 Å². The molecular weight excluding hydrogens is 476 g/mol. The molecule has 0 radical (unpaired) electrons. The number of urea groups is 1. The van der Waals surface area contributed by atoms with Crippen LogP contribution in [0.25, 0.3) is 11.2 Å². The normalized spacial score (nSPS) is 13.9. The molecular formula is C23H29ClN6O5. The topological polar surface area (TPSA) is 105 Å². The van der Waals surface area contributed by atoms with Gasteiger partial charge < -0.3 is 33.3 Å². The third-order valence-electron chi connectivity index (χ3n) is 5.56. The van der Waals surface area contributed by atoms with E-state index in [2.05, 4.69) is 25.1 Å². The Labute approximate surface area is 208 Å². The van der Waals surface area contributed by atoms with Crippen molar-refractivity contribution in [2.75, 3.05) is 77.9 Å². The minimum absolute atomic E-state index is 0.147. The Morgan fingerprint density at radius 1 is 1.09 bits per heavy atom. The minimum Gasteiger partial charge on any atom is -0.497 e. The fourth-order valence-corrected chi connectivity index (χ4v) is 3.85. The maximum absolute atomic E-state index is 12.9. The van der Waals surface area contributed by atoms with Gasteiger partial charge in [-0.05, 0) is 25.7 Å². The molecule has 2 aromatic heterocycles. The Balaban J connectivity index is 1.39. The Kier molecular flexibility index (Phi) is 7.67. The van der Waals surface area contributed by atoms with Gasteiger partial charge in [0.05, 0.1) is 14.2 Å². The molecule has 1 aromatic carbocycles. The van der Waals surface area contributed by atoms with Crippen molar-refractivity contribution in [1.29, 1.82) is 0 Å². The van der Waals surface area contributed by atoms with E-state index >= 15 is 0 Å². The van der Waals surface area contributed by atoms with Gasteiger partial charge in [-0.3, -0.25) is 5.32 Å². The first-order valence-electron chi connectivity index (χ1n) is 11.1. The van der Waals surface area contributed by atoms with Gasteiger partial charge in [0.2, 0.25) is 5.71 Å². The zero-order chi connectivity index (χ0) is 24.9. The van der Waals surface area contributed by atoms with Gasteiger partial charge in [-0.25, -0.2) is 9.78 Å². The summed E-state index contributed by atoms with van der Waals surface area (Å²) in [5, 5.41) is 2.95. The van der Waals surface area contributed by atoms with Crippen molar-refractivity contribution in [3.8, 4) is 17.4 Å². The van der Waals surface area contributed by atoms with Crippen LogP contribution in [0.4, 0.5) is 16.3 Å². The standard InChI is InChI=1S/C23H29ClN6O5/c1-28(2)9-10-34-17-12-15(11-16(13-17)32-3)29-5-7-30(8-6-29)23(31)26-20-22(33-4)27-21-18(25-20)14-19(24)35-21/h11-14H,5-10H2,1-4H3,(H,25,26,31). The van der Waals surface area contributed by atoms with Crippen LogP contribution in [0.15, 0.2) is 28.7 Å². The zero-order valence-corrected chi connectivity index (χ0v) is 21.0. The smallest absolute Gasteiger partial charge is 0.323 e. The highest BCUT2D eigenvalue weighted by Crippen LogP contribution is 2.30. The fraction of sp³-hybridized carbons (Fsp3) is 0.435. The van der Waals surface area contributed by atoms with Crippen LogP contribution in [0.2, 0.25) is 5.22 Å². The molecule has 1 fully saturated rings. The number of methoxy groups -OCH3 is 2. The molecule has 11 nitrogen and oxygen atoms in total. The zero-order valence-electron chi connectivity index (χ0n) is 20.2. The number of piperazine rings is 1. The average molecular weight is 505 g/mol. The lowest BCUT2D eigenvalue weighted by Gasteiger charge is -2.36. The number of carbonyl (C=O) groups is 1. The molecule has 0 spiro atoms. The van der Waals surface area contributed by atoms with Crippen molar-refractivity contribution < 1.29 is 23.4 Å². The molecule has 35 heavy (non-hydrogen) atoms. The second-order valence-corrected chi connectivity index (χ2v) is 8.62. The average Bonchev–Trinajstić information content (AvgIpc) is 3.21. The van der Waals surface area contributed by atoms with E-state index in [-0.39, 0.29) is 28.7 Å². The molecule has 0 saturated carbocycles. The van der Waals surface area contributed by atoms with Gasteiger partial charge in [-0.2, -0.15) is 4.98 Å². The first kappa shape index (κ1) is 24.7. The summed E-state index contributed by atoms with van der Waals surface area (Å²) in [6, 6.07) is 7.09. The third-order valence-corrected chi connectivity index (χ3v) is 5.75. The van der Waals surface area contributed by atoms with E-state index in [1.54, 1.807) is 12.0 Å². The quantitative estimate of drug-likeness (QED) is 0.495. The van der Waals surface area contributed by atoms with E-state index in [0.717, 1.165) is 23.7 Å². The lowest BCUT2D eigenvalue weighted by molar-refractivity contribution is 0.208. The van der Waals surface area contributed by atoms with Gasteiger partial charge in [-0.15, -0.1) is 0 Å². The number of likely N-dealkylation sites (N-methyl/N-ethyl adjacent to an activating group) is 1. The largest absolute Gasteiger partial charge is 0.497 e. The van der Waals surface area contributed by atoms with Gasteiger partial charge in [0, 0.05) is 62.7 Å². The van der Waals surface area contributed by atoms with Crippen LogP contribution in [-0.4, -0.2) is 93.4 Å². The van der Waals surface area contributed by atoms with Crippen molar-refractivity contribution in [3.63, 3.8) is 0 Å². The van der Waals surface area contributed by atoms with Crippen molar-refractivity contribution in [3.05, 3.63) is 29.5 Å². The maximum atomic E-state index is 12.9. The second kappa shape index (κ2) is 10.9. The molecule has 1 aliphatic rings.